The van der Waals surface area contributed by atoms with E-state index < -0.39 is 17.5 Å². The topological polar surface area (TPSA) is 52.6 Å². The maximum atomic E-state index is 11.4. The van der Waals surface area contributed by atoms with Gasteiger partial charge in [0.05, 0.1) is 12.7 Å². The molecule has 0 spiro atoms. The predicted molar refractivity (Wildman–Crippen MR) is 49.4 cm³/mol. The number of carbonyl (C=O) groups is 2. The van der Waals surface area contributed by atoms with E-state index in [9.17, 15) is 9.59 Å². The number of carbonyl (C=O) groups excluding carboxylic acids is 2. The van der Waals surface area contributed by atoms with Crippen LogP contribution in [-0.2, 0) is 19.1 Å². The number of esters is 2. The molecular formula is C10H14O4. The van der Waals surface area contributed by atoms with E-state index in [0.717, 1.165) is 0 Å². The van der Waals surface area contributed by atoms with Crippen molar-refractivity contribution >= 4 is 11.9 Å². The van der Waals surface area contributed by atoms with Crippen molar-refractivity contribution in [3.8, 4) is 0 Å². The first-order valence-corrected chi connectivity index (χ1v) is 4.41. The van der Waals surface area contributed by atoms with Gasteiger partial charge in [-0.25, -0.2) is 9.59 Å². The highest BCUT2D eigenvalue weighted by Gasteiger charge is 2.43. The first kappa shape index (κ1) is 10.8. The molecule has 14 heavy (non-hydrogen) atoms. The lowest BCUT2D eigenvalue weighted by Gasteiger charge is -2.20. The van der Waals surface area contributed by atoms with Gasteiger partial charge in [0, 0.05) is 12.0 Å². The van der Waals surface area contributed by atoms with E-state index in [1.54, 1.807) is 0 Å². The van der Waals surface area contributed by atoms with Crippen molar-refractivity contribution in [3.63, 3.8) is 0 Å². The first-order chi connectivity index (χ1) is 6.38. The molecule has 1 fully saturated rings. The quantitative estimate of drug-likeness (QED) is 0.467. The summed E-state index contributed by atoms with van der Waals surface area (Å²) in [6.07, 6.45) is 1.20. The minimum atomic E-state index is -0.545. The summed E-state index contributed by atoms with van der Waals surface area (Å²) < 4.78 is 9.56. The highest BCUT2D eigenvalue weighted by molar-refractivity contribution is 5.98. The fourth-order valence-corrected chi connectivity index (χ4v) is 1.31. The van der Waals surface area contributed by atoms with E-state index in [1.165, 1.54) is 13.2 Å². The summed E-state index contributed by atoms with van der Waals surface area (Å²) in [5.74, 6) is -1.07. The van der Waals surface area contributed by atoms with Crippen molar-refractivity contribution in [1.82, 2.24) is 0 Å². The second-order valence-corrected chi connectivity index (χ2v) is 3.84. The van der Waals surface area contributed by atoms with E-state index >= 15 is 0 Å². The Morgan fingerprint density at radius 1 is 1.57 bits per heavy atom. The molecule has 4 heteroatoms. The minimum Gasteiger partial charge on any atom is -0.466 e. The molecule has 0 unspecified atom stereocenters. The van der Waals surface area contributed by atoms with Gasteiger partial charge in [-0.3, -0.25) is 0 Å². The van der Waals surface area contributed by atoms with Gasteiger partial charge in [0.15, 0.2) is 0 Å². The van der Waals surface area contributed by atoms with Gasteiger partial charge >= 0.3 is 11.9 Å². The number of ether oxygens (including phenoxy) is 2. The average Bonchev–Trinajstić information content (AvgIpc) is 2.28. The fraction of sp³-hybridized carbons (Fsp3) is 0.600. The Kier molecular flexibility index (Phi) is 2.64. The van der Waals surface area contributed by atoms with Crippen LogP contribution in [0.15, 0.2) is 11.6 Å². The third kappa shape index (κ3) is 1.78. The number of cyclic esters (lactones) is 1. The van der Waals surface area contributed by atoms with Crippen LogP contribution in [0.5, 0.6) is 0 Å². The summed E-state index contributed by atoms with van der Waals surface area (Å²) in [6.45, 7) is 5.47. The molecule has 0 bridgehead atoms. The van der Waals surface area contributed by atoms with Crippen molar-refractivity contribution < 1.29 is 19.1 Å². The summed E-state index contributed by atoms with van der Waals surface area (Å²) in [4.78, 5) is 22.3. The number of rotatable bonds is 1. The minimum absolute atomic E-state index is 0.103. The van der Waals surface area contributed by atoms with Crippen molar-refractivity contribution in [2.45, 2.75) is 26.4 Å². The molecule has 4 nitrogen and oxygen atoms in total. The summed E-state index contributed by atoms with van der Waals surface area (Å²) >= 11 is 0. The lowest BCUT2D eigenvalue weighted by atomic mass is 9.89. The monoisotopic (exact) mass is 198 g/mol. The summed E-state index contributed by atoms with van der Waals surface area (Å²) in [5, 5.41) is 0. The SMILES string of the molecule is COC(=O)/C=C1/C(=O)OC(C)(C)[C@@H]1C. The molecule has 1 aliphatic rings. The third-order valence-corrected chi connectivity index (χ3v) is 2.58. The second kappa shape index (κ2) is 3.44. The normalized spacial score (nSPS) is 27.6. The van der Waals surface area contributed by atoms with Gasteiger partial charge in [0.25, 0.3) is 0 Å². The van der Waals surface area contributed by atoms with Crippen LogP contribution in [0.25, 0.3) is 0 Å². The molecule has 78 valence electrons. The van der Waals surface area contributed by atoms with Crippen LogP contribution in [0.3, 0.4) is 0 Å². The molecule has 1 heterocycles. The van der Waals surface area contributed by atoms with Crippen LogP contribution >= 0.6 is 0 Å². The van der Waals surface area contributed by atoms with E-state index in [4.69, 9.17) is 4.74 Å². The molecule has 1 aliphatic heterocycles. The highest BCUT2D eigenvalue weighted by Crippen LogP contribution is 2.35. The molecule has 0 aromatic rings. The Hall–Kier alpha value is -1.32. The molecule has 1 atom stereocenters. The fourth-order valence-electron chi connectivity index (χ4n) is 1.31. The predicted octanol–water partition coefficient (Wildman–Crippen LogP) is 1.06. The standard InChI is InChI=1S/C10H14O4/c1-6-7(5-8(11)13-4)9(12)14-10(6,2)3/h5-6H,1-4H3/b7-5+/t6-/m1/s1. The lowest BCUT2D eigenvalue weighted by Crippen LogP contribution is -2.25. The Labute approximate surface area is 82.9 Å². The van der Waals surface area contributed by atoms with Crippen molar-refractivity contribution in [2.75, 3.05) is 7.11 Å². The molecule has 1 saturated heterocycles. The van der Waals surface area contributed by atoms with Gasteiger partial charge < -0.3 is 9.47 Å². The van der Waals surface area contributed by atoms with Crippen LogP contribution in [0.1, 0.15) is 20.8 Å². The smallest absolute Gasteiger partial charge is 0.335 e. The van der Waals surface area contributed by atoms with Crippen LogP contribution < -0.4 is 0 Å². The molecule has 0 radical (unpaired) electrons. The van der Waals surface area contributed by atoms with Crippen molar-refractivity contribution in [3.05, 3.63) is 11.6 Å². The van der Waals surface area contributed by atoms with Crippen molar-refractivity contribution in [2.24, 2.45) is 5.92 Å². The lowest BCUT2D eigenvalue weighted by molar-refractivity contribution is -0.145. The zero-order valence-electron chi connectivity index (χ0n) is 8.79. The largest absolute Gasteiger partial charge is 0.466 e. The summed E-state index contributed by atoms with van der Waals surface area (Å²) in [6, 6.07) is 0. The van der Waals surface area contributed by atoms with Crippen LogP contribution in [0.4, 0.5) is 0 Å². The van der Waals surface area contributed by atoms with Crippen molar-refractivity contribution in [1.29, 1.82) is 0 Å². The molecule has 1 rings (SSSR count). The van der Waals surface area contributed by atoms with Gasteiger partial charge in [-0.05, 0) is 13.8 Å². The second-order valence-electron chi connectivity index (χ2n) is 3.84. The molecule has 0 aliphatic carbocycles. The number of methoxy groups -OCH3 is 1. The number of hydrogen-bond donors (Lipinski definition) is 0. The Bertz CT molecular complexity index is 301. The van der Waals surface area contributed by atoms with E-state index in [2.05, 4.69) is 4.74 Å². The van der Waals surface area contributed by atoms with Gasteiger partial charge in [-0.2, -0.15) is 0 Å². The van der Waals surface area contributed by atoms with Gasteiger partial charge in [-0.15, -0.1) is 0 Å². The molecule has 0 N–H and O–H groups in total. The summed E-state index contributed by atoms with van der Waals surface area (Å²) in [7, 11) is 1.27. The van der Waals surface area contributed by atoms with E-state index in [-0.39, 0.29) is 5.92 Å². The first-order valence-electron chi connectivity index (χ1n) is 4.41. The van der Waals surface area contributed by atoms with Gasteiger partial charge in [-0.1, -0.05) is 6.92 Å². The van der Waals surface area contributed by atoms with Gasteiger partial charge in [0.2, 0.25) is 0 Å². The number of hydrogen-bond acceptors (Lipinski definition) is 4. The zero-order chi connectivity index (χ0) is 10.9. The highest BCUT2D eigenvalue weighted by atomic mass is 16.6. The molecule has 0 amide bonds. The summed E-state index contributed by atoms with van der Waals surface area (Å²) in [5.41, 5.74) is -0.168. The molecule has 0 saturated carbocycles. The van der Waals surface area contributed by atoms with Gasteiger partial charge in [0.1, 0.15) is 5.60 Å². The molecule has 0 aromatic heterocycles. The van der Waals surface area contributed by atoms with Crippen LogP contribution in [-0.4, -0.2) is 24.6 Å². The Morgan fingerprint density at radius 3 is 2.50 bits per heavy atom. The average molecular weight is 198 g/mol. The Morgan fingerprint density at radius 2 is 2.14 bits per heavy atom. The van der Waals surface area contributed by atoms with Crippen LogP contribution in [0.2, 0.25) is 0 Å². The van der Waals surface area contributed by atoms with E-state index in [0.29, 0.717) is 5.57 Å². The zero-order valence-corrected chi connectivity index (χ0v) is 8.79. The third-order valence-electron chi connectivity index (χ3n) is 2.58. The molecular weight excluding hydrogens is 184 g/mol. The Balaban J connectivity index is 2.96. The maximum Gasteiger partial charge on any atom is 0.335 e. The van der Waals surface area contributed by atoms with E-state index in [1.807, 2.05) is 20.8 Å². The molecule has 0 aromatic carbocycles. The maximum absolute atomic E-state index is 11.4. The van der Waals surface area contributed by atoms with Crippen LogP contribution in [0, 0.1) is 5.92 Å².